The highest BCUT2D eigenvalue weighted by atomic mass is 16.2. The molecule has 0 spiro atoms. The zero-order valence-corrected chi connectivity index (χ0v) is 14.6. The molecule has 0 saturated carbocycles. The summed E-state index contributed by atoms with van der Waals surface area (Å²) >= 11 is 0. The number of rotatable bonds is 2. The van der Waals surface area contributed by atoms with Gasteiger partial charge in [0.1, 0.15) is 0 Å². The second-order valence-electron chi connectivity index (χ2n) is 6.33. The second kappa shape index (κ2) is 7.51. The quantitative estimate of drug-likeness (QED) is 0.769. The van der Waals surface area contributed by atoms with E-state index in [1.54, 1.807) is 24.8 Å². The number of hydrogen-bond donors (Lipinski definition) is 0. The molecule has 0 aromatic carbocycles. The van der Waals surface area contributed by atoms with Crippen LogP contribution in [0.4, 0.5) is 16.7 Å². The SMILES string of the molecule is O=C(N1CCN(c2ncccn2)CC1)N1CCN(c2ncccn2)CC1. The lowest BCUT2D eigenvalue weighted by atomic mass is 10.3. The molecular weight excluding hydrogens is 332 g/mol. The predicted molar refractivity (Wildman–Crippen MR) is 97.0 cm³/mol. The van der Waals surface area contributed by atoms with E-state index in [0.29, 0.717) is 26.2 Å². The lowest BCUT2D eigenvalue weighted by Crippen LogP contribution is -2.57. The van der Waals surface area contributed by atoms with E-state index in [1.165, 1.54) is 0 Å². The Kier molecular flexibility index (Phi) is 4.76. The van der Waals surface area contributed by atoms with Crippen LogP contribution in [0.1, 0.15) is 0 Å². The standard InChI is InChI=1S/C17H22N8O/c26-17(24-11-7-22(8-12-24)15-18-3-1-4-19-15)25-13-9-23(10-14-25)16-20-5-2-6-21-16/h1-6H,7-14H2. The van der Waals surface area contributed by atoms with Gasteiger partial charge in [0, 0.05) is 77.1 Å². The smallest absolute Gasteiger partial charge is 0.320 e. The van der Waals surface area contributed by atoms with E-state index in [1.807, 2.05) is 21.9 Å². The van der Waals surface area contributed by atoms with Crippen LogP contribution in [0.15, 0.2) is 36.9 Å². The molecular formula is C17H22N8O. The summed E-state index contributed by atoms with van der Waals surface area (Å²) in [7, 11) is 0. The molecule has 2 aliphatic heterocycles. The van der Waals surface area contributed by atoms with Gasteiger partial charge in [0.25, 0.3) is 0 Å². The molecule has 2 aromatic rings. The third-order valence-electron chi connectivity index (χ3n) is 4.77. The molecule has 0 radical (unpaired) electrons. The van der Waals surface area contributed by atoms with Gasteiger partial charge in [-0.15, -0.1) is 0 Å². The predicted octanol–water partition coefficient (Wildman–Crippen LogP) is 0.331. The minimum absolute atomic E-state index is 0.118. The molecule has 2 amide bonds. The molecule has 2 aromatic heterocycles. The van der Waals surface area contributed by atoms with Gasteiger partial charge < -0.3 is 19.6 Å². The number of piperazine rings is 2. The monoisotopic (exact) mass is 354 g/mol. The molecule has 0 unspecified atom stereocenters. The van der Waals surface area contributed by atoms with Crippen LogP contribution in [0, 0.1) is 0 Å². The van der Waals surface area contributed by atoms with Crippen molar-refractivity contribution >= 4 is 17.9 Å². The van der Waals surface area contributed by atoms with Gasteiger partial charge >= 0.3 is 6.03 Å². The zero-order valence-electron chi connectivity index (χ0n) is 14.6. The van der Waals surface area contributed by atoms with Crippen LogP contribution in [0.2, 0.25) is 0 Å². The van der Waals surface area contributed by atoms with Crippen molar-refractivity contribution in [2.75, 3.05) is 62.2 Å². The van der Waals surface area contributed by atoms with E-state index in [9.17, 15) is 4.79 Å². The summed E-state index contributed by atoms with van der Waals surface area (Å²) in [6.07, 6.45) is 6.98. The lowest BCUT2D eigenvalue weighted by molar-refractivity contribution is 0.147. The van der Waals surface area contributed by atoms with Crippen LogP contribution in [0.5, 0.6) is 0 Å². The van der Waals surface area contributed by atoms with Crippen molar-refractivity contribution in [2.24, 2.45) is 0 Å². The number of nitrogens with zero attached hydrogens (tertiary/aromatic N) is 8. The Bertz CT molecular complexity index is 651. The molecule has 26 heavy (non-hydrogen) atoms. The van der Waals surface area contributed by atoms with E-state index in [4.69, 9.17) is 0 Å². The third-order valence-corrected chi connectivity index (χ3v) is 4.77. The molecule has 0 bridgehead atoms. The third kappa shape index (κ3) is 3.51. The number of carbonyl (C=O) groups is 1. The first kappa shape index (κ1) is 16.5. The van der Waals surface area contributed by atoms with Crippen LogP contribution in [-0.4, -0.2) is 88.1 Å². The number of anilines is 2. The lowest BCUT2D eigenvalue weighted by Gasteiger charge is -2.40. The van der Waals surface area contributed by atoms with E-state index in [2.05, 4.69) is 29.7 Å². The van der Waals surface area contributed by atoms with E-state index >= 15 is 0 Å². The van der Waals surface area contributed by atoms with E-state index < -0.39 is 0 Å². The van der Waals surface area contributed by atoms with Crippen LogP contribution < -0.4 is 9.80 Å². The average molecular weight is 354 g/mol. The summed E-state index contributed by atoms with van der Waals surface area (Å²) in [6, 6.07) is 3.74. The van der Waals surface area contributed by atoms with Crippen molar-refractivity contribution in [1.82, 2.24) is 29.7 Å². The summed E-state index contributed by atoms with van der Waals surface area (Å²) < 4.78 is 0. The Morgan fingerprint density at radius 2 is 0.962 bits per heavy atom. The molecule has 2 fully saturated rings. The maximum atomic E-state index is 12.8. The highest BCUT2D eigenvalue weighted by Gasteiger charge is 2.28. The topological polar surface area (TPSA) is 81.6 Å². The van der Waals surface area contributed by atoms with Crippen LogP contribution >= 0.6 is 0 Å². The highest BCUT2D eigenvalue weighted by Crippen LogP contribution is 2.14. The summed E-state index contributed by atoms with van der Waals surface area (Å²) in [4.78, 5) is 38.0. The number of hydrogen-bond acceptors (Lipinski definition) is 7. The van der Waals surface area contributed by atoms with Crippen molar-refractivity contribution < 1.29 is 4.79 Å². The van der Waals surface area contributed by atoms with Crippen molar-refractivity contribution in [3.05, 3.63) is 36.9 Å². The number of carbonyl (C=O) groups excluding carboxylic acids is 1. The fraction of sp³-hybridized carbons (Fsp3) is 0.471. The van der Waals surface area contributed by atoms with Gasteiger partial charge in [0.2, 0.25) is 11.9 Å². The first-order valence-electron chi connectivity index (χ1n) is 8.89. The molecule has 0 atom stereocenters. The summed E-state index contributed by atoms with van der Waals surface area (Å²) in [5, 5.41) is 0. The van der Waals surface area contributed by atoms with Gasteiger partial charge in [-0.05, 0) is 12.1 Å². The fourth-order valence-electron chi connectivity index (χ4n) is 3.30. The molecule has 9 nitrogen and oxygen atoms in total. The molecule has 2 aliphatic rings. The molecule has 136 valence electrons. The van der Waals surface area contributed by atoms with Gasteiger partial charge in [-0.3, -0.25) is 0 Å². The average Bonchev–Trinajstić information content (AvgIpc) is 2.75. The maximum absolute atomic E-state index is 12.8. The van der Waals surface area contributed by atoms with Crippen LogP contribution in [0.3, 0.4) is 0 Å². The Morgan fingerprint density at radius 1 is 0.615 bits per heavy atom. The fourth-order valence-corrected chi connectivity index (χ4v) is 3.30. The Morgan fingerprint density at radius 3 is 1.31 bits per heavy atom. The Hall–Kier alpha value is -2.97. The minimum atomic E-state index is 0.118. The first-order valence-corrected chi connectivity index (χ1v) is 8.89. The second-order valence-corrected chi connectivity index (χ2v) is 6.33. The van der Waals surface area contributed by atoms with Gasteiger partial charge in [-0.2, -0.15) is 0 Å². The van der Waals surface area contributed by atoms with Crippen molar-refractivity contribution in [3.63, 3.8) is 0 Å². The molecule has 4 heterocycles. The van der Waals surface area contributed by atoms with Gasteiger partial charge in [-0.1, -0.05) is 0 Å². The van der Waals surface area contributed by atoms with Crippen molar-refractivity contribution in [3.8, 4) is 0 Å². The Labute approximate surface area is 152 Å². The van der Waals surface area contributed by atoms with Crippen LogP contribution in [0.25, 0.3) is 0 Å². The molecule has 0 aliphatic carbocycles. The minimum Gasteiger partial charge on any atom is -0.337 e. The Balaban J connectivity index is 1.28. The van der Waals surface area contributed by atoms with Crippen LogP contribution in [-0.2, 0) is 0 Å². The summed E-state index contributed by atoms with van der Waals surface area (Å²) in [5.41, 5.74) is 0. The van der Waals surface area contributed by atoms with Gasteiger partial charge in [0.15, 0.2) is 0 Å². The molecule has 9 heteroatoms. The molecule has 2 saturated heterocycles. The van der Waals surface area contributed by atoms with Gasteiger partial charge in [-0.25, -0.2) is 24.7 Å². The normalized spacial score (nSPS) is 18.2. The van der Waals surface area contributed by atoms with E-state index in [0.717, 1.165) is 38.1 Å². The highest BCUT2D eigenvalue weighted by molar-refractivity contribution is 5.75. The summed E-state index contributed by atoms with van der Waals surface area (Å²) in [6.45, 7) is 5.80. The van der Waals surface area contributed by atoms with Crippen molar-refractivity contribution in [1.29, 1.82) is 0 Å². The zero-order chi connectivity index (χ0) is 17.8. The summed E-state index contributed by atoms with van der Waals surface area (Å²) in [5.74, 6) is 1.46. The molecule has 0 N–H and O–H groups in total. The largest absolute Gasteiger partial charge is 0.337 e. The molecule has 4 rings (SSSR count). The van der Waals surface area contributed by atoms with Gasteiger partial charge in [0.05, 0.1) is 0 Å². The maximum Gasteiger partial charge on any atom is 0.320 e. The van der Waals surface area contributed by atoms with Crippen molar-refractivity contribution in [2.45, 2.75) is 0 Å². The first-order chi connectivity index (χ1) is 12.8. The number of urea groups is 1. The number of aromatic nitrogens is 4. The number of amides is 2. The van der Waals surface area contributed by atoms with E-state index in [-0.39, 0.29) is 6.03 Å².